The molecular formula is C13H11Br2N3O. The van der Waals surface area contributed by atoms with Crippen LogP contribution in [0.15, 0.2) is 33.2 Å². The zero-order chi connectivity index (χ0) is 14.0. The molecule has 19 heavy (non-hydrogen) atoms. The number of nitrogens with one attached hydrogen (secondary N) is 1. The molecule has 0 bridgehead atoms. The van der Waals surface area contributed by atoms with Gasteiger partial charge in [-0.2, -0.15) is 0 Å². The fourth-order valence-corrected chi connectivity index (χ4v) is 2.41. The van der Waals surface area contributed by atoms with Gasteiger partial charge in [0.05, 0.1) is 5.56 Å². The highest BCUT2D eigenvalue weighted by Gasteiger charge is 2.12. The molecule has 0 saturated carbocycles. The summed E-state index contributed by atoms with van der Waals surface area (Å²) in [6, 6.07) is 7.25. The fourth-order valence-electron chi connectivity index (χ4n) is 1.62. The van der Waals surface area contributed by atoms with Crippen molar-refractivity contribution >= 4 is 43.7 Å². The third kappa shape index (κ3) is 3.61. The number of carbonyl (C=O) groups excluding carboxylic acids is 1. The summed E-state index contributed by atoms with van der Waals surface area (Å²) in [5, 5.41) is 2.70. The van der Waals surface area contributed by atoms with E-state index in [9.17, 15) is 4.79 Å². The first-order valence-corrected chi connectivity index (χ1v) is 7.13. The largest absolute Gasteiger partial charge is 0.290 e. The van der Waals surface area contributed by atoms with Crippen molar-refractivity contribution in [1.29, 1.82) is 0 Å². The summed E-state index contributed by atoms with van der Waals surface area (Å²) in [7, 11) is 0. The lowest BCUT2D eigenvalue weighted by molar-refractivity contribution is 0.102. The number of aryl methyl sites for hydroxylation is 2. The Kier molecular flexibility index (Phi) is 4.31. The van der Waals surface area contributed by atoms with Crippen LogP contribution in [-0.2, 0) is 0 Å². The van der Waals surface area contributed by atoms with Crippen LogP contribution < -0.4 is 5.32 Å². The van der Waals surface area contributed by atoms with Crippen molar-refractivity contribution in [2.75, 3.05) is 5.32 Å². The quantitative estimate of drug-likeness (QED) is 0.854. The molecular weight excluding hydrogens is 374 g/mol. The molecule has 2 aromatic rings. The Bertz CT molecular complexity index is 624. The van der Waals surface area contributed by atoms with E-state index < -0.39 is 0 Å². The number of nitrogens with zero attached hydrogens (tertiary/aromatic N) is 2. The zero-order valence-corrected chi connectivity index (χ0v) is 13.5. The molecule has 0 spiro atoms. The lowest BCUT2D eigenvalue weighted by Gasteiger charge is -2.07. The second kappa shape index (κ2) is 5.79. The summed E-state index contributed by atoms with van der Waals surface area (Å²) in [5.74, 6) is 0.0625. The average molecular weight is 385 g/mol. The van der Waals surface area contributed by atoms with Gasteiger partial charge in [-0.15, -0.1) is 0 Å². The number of halogens is 2. The topological polar surface area (TPSA) is 54.9 Å². The number of amides is 1. The van der Waals surface area contributed by atoms with Gasteiger partial charge in [0, 0.05) is 20.3 Å². The summed E-state index contributed by atoms with van der Waals surface area (Å²) in [5.41, 5.74) is 2.16. The second-order valence-electron chi connectivity index (χ2n) is 4.05. The van der Waals surface area contributed by atoms with Crippen LogP contribution in [0.4, 0.5) is 5.95 Å². The lowest BCUT2D eigenvalue weighted by Crippen LogP contribution is -2.15. The summed E-state index contributed by atoms with van der Waals surface area (Å²) < 4.78 is 1.56. The first-order chi connectivity index (χ1) is 8.95. The molecule has 0 aliphatic carbocycles. The first kappa shape index (κ1) is 14.1. The molecule has 0 unspecified atom stereocenters. The average Bonchev–Trinajstić information content (AvgIpc) is 2.30. The van der Waals surface area contributed by atoms with Crippen molar-refractivity contribution < 1.29 is 4.79 Å². The third-order valence-corrected chi connectivity index (χ3v) is 3.57. The molecule has 1 amide bonds. The minimum atomic E-state index is -0.252. The van der Waals surface area contributed by atoms with Crippen molar-refractivity contribution in [2.45, 2.75) is 13.8 Å². The maximum absolute atomic E-state index is 12.2. The van der Waals surface area contributed by atoms with Crippen LogP contribution in [0, 0.1) is 13.8 Å². The van der Waals surface area contributed by atoms with E-state index in [0.29, 0.717) is 11.5 Å². The van der Waals surface area contributed by atoms with Crippen LogP contribution in [-0.4, -0.2) is 15.9 Å². The number of benzene rings is 1. The normalized spacial score (nSPS) is 10.3. The van der Waals surface area contributed by atoms with Gasteiger partial charge in [-0.25, -0.2) is 9.97 Å². The molecule has 0 aliphatic rings. The van der Waals surface area contributed by atoms with Crippen LogP contribution in [0.5, 0.6) is 0 Å². The minimum absolute atomic E-state index is 0.252. The molecule has 0 aliphatic heterocycles. The smallest absolute Gasteiger partial charge is 0.259 e. The van der Waals surface area contributed by atoms with Crippen LogP contribution in [0.1, 0.15) is 21.7 Å². The summed E-state index contributed by atoms with van der Waals surface area (Å²) in [6.45, 7) is 3.72. The second-order valence-corrected chi connectivity index (χ2v) is 5.82. The van der Waals surface area contributed by atoms with Crippen molar-refractivity contribution in [1.82, 2.24) is 9.97 Å². The highest BCUT2D eigenvalue weighted by atomic mass is 79.9. The Balaban J connectivity index is 2.28. The van der Waals surface area contributed by atoms with Crippen LogP contribution in [0.2, 0.25) is 0 Å². The maximum Gasteiger partial charge on any atom is 0.259 e. The Morgan fingerprint density at radius 3 is 2.37 bits per heavy atom. The van der Waals surface area contributed by atoms with E-state index in [2.05, 4.69) is 47.1 Å². The van der Waals surface area contributed by atoms with Crippen molar-refractivity contribution in [3.63, 3.8) is 0 Å². The van der Waals surface area contributed by atoms with Gasteiger partial charge in [-0.3, -0.25) is 10.1 Å². The molecule has 98 valence electrons. The molecule has 1 aromatic carbocycles. The number of hydrogen-bond donors (Lipinski definition) is 1. The van der Waals surface area contributed by atoms with Gasteiger partial charge in [0.1, 0.15) is 0 Å². The number of aromatic nitrogens is 2. The first-order valence-electron chi connectivity index (χ1n) is 5.54. The molecule has 1 N–H and O–H groups in total. The van der Waals surface area contributed by atoms with E-state index in [1.165, 1.54) is 0 Å². The van der Waals surface area contributed by atoms with E-state index >= 15 is 0 Å². The van der Waals surface area contributed by atoms with Gasteiger partial charge >= 0.3 is 0 Å². The Labute approximate surface area is 127 Å². The van der Waals surface area contributed by atoms with Gasteiger partial charge in [-0.1, -0.05) is 15.9 Å². The van der Waals surface area contributed by atoms with E-state index in [-0.39, 0.29) is 5.91 Å². The predicted octanol–water partition coefficient (Wildman–Crippen LogP) is 3.87. The number of rotatable bonds is 2. The van der Waals surface area contributed by atoms with Crippen molar-refractivity contribution in [3.05, 3.63) is 50.2 Å². The molecule has 0 radical (unpaired) electrons. The summed E-state index contributed by atoms with van der Waals surface area (Å²) >= 11 is 6.69. The van der Waals surface area contributed by atoms with E-state index in [4.69, 9.17) is 0 Å². The fraction of sp³-hybridized carbons (Fsp3) is 0.154. The Hall–Kier alpha value is -1.27. The van der Waals surface area contributed by atoms with Gasteiger partial charge < -0.3 is 0 Å². The van der Waals surface area contributed by atoms with Crippen molar-refractivity contribution in [3.8, 4) is 0 Å². The maximum atomic E-state index is 12.2. The minimum Gasteiger partial charge on any atom is -0.290 e. The summed E-state index contributed by atoms with van der Waals surface area (Å²) in [6.07, 6.45) is 0. The van der Waals surface area contributed by atoms with E-state index in [0.717, 1.165) is 20.3 Å². The van der Waals surface area contributed by atoms with Crippen molar-refractivity contribution in [2.24, 2.45) is 0 Å². The lowest BCUT2D eigenvalue weighted by atomic mass is 10.2. The highest BCUT2D eigenvalue weighted by Crippen LogP contribution is 2.22. The summed E-state index contributed by atoms with van der Waals surface area (Å²) in [4.78, 5) is 20.5. The predicted molar refractivity (Wildman–Crippen MR) is 81.3 cm³/mol. The van der Waals surface area contributed by atoms with Gasteiger partial charge in [0.2, 0.25) is 5.95 Å². The Morgan fingerprint density at radius 1 is 1.11 bits per heavy atom. The van der Waals surface area contributed by atoms with Gasteiger partial charge in [0.25, 0.3) is 5.91 Å². The molecule has 1 heterocycles. The van der Waals surface area contributed by atoms with E-state index in [1.54, 1.807) is 12.1 Å². The van der Waals surface area contributed by atoms with Gasteiger partial charge in [-0.05, 0) is 54.0 Å². The van der Waals surface area contributed by atoms with E-state index in [1.807, 2.05) is 26.0 Å². The molecule has 0 fully saturated rings. The monoisotopic (exact) mass is 383 g/mol. The molecule has 6 heteroatoms. The van der Waals surface area contributed by atoms with Crippen LogP contribution in [0.25, 0.3) is 0 Å². The Morgan fingerprint density at radius 2 is 1.74 bits per heavy atom. The zero-order valence-electron chi connectivity index (χ0n) is 10.4. The molecule has 2 rings (SSSR count). The molecule has 4 nitrogen and oxygen atoms in total. The SMILES string of the molecule is Cc1cc(C)nc(NC(=O)c2cc(Br)ccc2Br)n1. The third-order valence-electron chi connectivity index (χ3n) is 2.38. The number of anilines is 1. The van der Waals surface area contributed by atoms with Crippen LogP contribution >= 0.6 is 31.9 Å². The highest BCUT2D eigenvalue weighted by molar-refractivity contribution is 9.11. The molecule has 0 saturated heterocycles. The molecule has 0 atom stereocenters. The standard InChI is InChI=1S/C13H11Br2N3O/c1-7-5-8(2)17-13(16-7)18-12(19)10-6-9(14)3-4-11(10)15/h3-6H,1-2H3,(H,16,17,18,19). The van der Waals surface area contributed by atoms with Gasteiger partial charge in [0.15, 0.2) is 0 Å². The molecule has 1 aromatic heterocycles. The number of carbonyl (C=O) groups is 1. The number of hydrogen-bond acceptors (Lipinski definition) is 3. The van der Waals surface area contributed by atoms with Crippen LogP contribution in [0.3, 0.4) is 0 Å².